The van der Waals surface area contributed by atoms with Crippen LogP contribution in [0.3, 0.4) is 0 Å². The molecule has 0 atom stereocenters. The summed E-state index contributed by atoms with van der Waals surface area (Å²) < 4.78 is 12.1. The molecule has 3 nitrogen and oxygen atoms in total. The minimum atomic E-state index is -0.530. The van der Waals surface area contributed by atoms with E-state index in [-0.39, 0.29) is 0 Å². The molecule has 0 radical (unpaired) electrons. The van der Waals surface area contributed by atoms with Crippen molar-refractivity contribution in [1.82, 2.24) is 0 Å². The van der Waals surface area contributed by atoms with Gasteiger partial charge in [0, 0.05) is 10.6 Å². The van der Waals surface area contributed by atoms with E-state index >= 15 is 0 Å². The van der Waals surface area contributed by atoms with Gasteiger partial charge < -0.3 is 9.47 Å². The van der Waals surface area contributed by atoms with Gasteiger partial charge in [-0.1, -0.05) is 29.8 Å². The van der Waals surface area contributed by atoms with E-state index in [1.165, 1.54) is 6.08 Å². The first-order valence-electron chi connectivity index (χ1n) is 6.62. The second kappa shape index (κ2) is 8.57. The van der Waals surface area contributed by atoms with Crippen molar-refractivity contribution in [2.75, 3.05) is 7.11 Å². The largest absolute Gasteiger partial charge is 0.493 e. The first kappa shape index (κ1) is 18.1. The maximum Gasteiger partial charge on any atom is 0.245 e. The van der Waals surface area contributed by atoms with E-state index in [0.29, 0.717) is 23.1 Å². The Morgan fingerprint density at radius 3 is 2.70 bits per heavy atom. The van der Waals surface area contributed by atoms with Gasteiger partial charge in [0.05, 0.1) is 10.7 Å². The number of benzene rings is 2. The Labute approximate surface area is 158 Å². The summed E-state index contributed by atoms with van der Waals surface area (Å²) in [6, 6.07) is 11.2. The highest BCUT2D eigenvalue weighted by molar-refractivity contribution is 14.1. The SMILES string of the molecule is COc1cc(/C=C/C(=O)Cl)cc(I)c1OCc1ccccc1Cl. The van der Waals surface area contributed by atoms with Crippen LogP contribution in [-0.2, 0) is 11.4 Å². The first-order valence-corrected chi connectivity index (χ1v) is 8.46. The molecule has 6 heteroatoms. The predicted molar refractivity (Wildman–Crippen MR) is 101 cm³/mol. The molecule has 0 saturated carbocycles. The minimum Gasteiger partial charge on any atom is -0.493 e. The number of ether oxygens (including phenoxy) is 2. The van der Waals surface area contributed by atoms with Gasteiger partial charge in [0.15, 0.2) is 11.5 Å². The van der Waals surface area contributed by atoms with Crippen LogP contribution in [0.2, 0.25) is 5.02 Å². The summed E-state index contributed by atoms with van der Waals surface area (Å²) in [4.78, 5) is 10.8. The quantitative estimate of drug-likeness (QED) is 0.331. The molecule has 2 aromatic rings. The van der Waals surface area contributed by atoms with E-state index in [1.807, 2.05) is 30.3 Å². The summed E-state index contributed by atoms with van der Waals surface area (Å²) in [5, 5.41) is 0.125. The van der Waals surface area contributed by atoms with Gasteiger partial charge in [-0.2, -0.15) is 0 Å². The van der Waals surface area contributed by atoms with Crippen molar-refractivity contribution in [2.45, 2.75) is 6.61 Å². The van der Waals surface area contributed by atoms with Gasteiger partial charge >= 0.3 is 0 Å². The van der Waals surface area contributed by atoms with Crippen molar-refractivity contribution in [1.29, 1.82) is 0 Å². The highest BCUT2D eigenvalue weighted by Crippen LogP contribution is 2.35. The smallest absolute Gasteiger partial charge is 0.245 e. The lowest BCUT2D eigenvalue weighted by Gasteiger charge is -2.14. The van der Waals surface area contributed by atoms with Crippen molar-refractivity contribution < 1.29 is 14.3 Å². The molecular formula is C17H13Cl2IO3. The number of carbonyl (C=O) groups excluding carboxylic acids is 1. The molecular weight excluding hydrogens is 450 g/mol. The zero-order chi connectivity index (χ0) is 16.8. The molecule has 0 aliphatic rings. The maximum absolute atomic E-state index is 10.8. The molecule has 0 bridgehead atoms. The molecule has 0 fully saturated rings. The standard InChI is InChI=1S/C17H13Cl2IO3/c1-22-15-9-11(6-7-16(19)21)8-14(20)17(15)23-10-12-4-2-3-5-13(12)18/h2-9H,10H2,1H3/b7-6+. The number of rotatable bonds is 6. The number of methoxy groups -OCH3 is 1. The Morgan fingerprint density at radius 1 is 1.30 bits per heavy atom. The normalized spacial score (nSPS) is 10.8. The monoisotopic (exact) mass is 462 g/mol. The van der Waals surface area contributed by atoms with Gasteiger partial charge in [-0.05, 0) is 70.1 Å². The molecule has 0 N–H and O–H groups in total. The maximum atomic E-state index is 10.8. The van der Waals surface area contributed by atoms with E-state index < -0.39 is 5.24 Å². The van der Waals surface area contributed by atoms with Gasteiger partial charge in [-0.15, -0.1) is 0 Å². The van der Waals surface area contributed by atoms with Crippen LogP contribution >= 0.6 is 45.8 Å². The Balaban J connectivity index is 2.24. The van der Waals surface area contributed by atoms with Crippen LogP contribution in [-0.4, -0.2) is 12.4 Å². The molecule has 0 aliphatic carbocycles. The first-order chi connectivity index (χ1) is 11.0. The summed E-state index contributed by atoms with van der Waals surface area (Å²) in [6.45, 7) is 0.335. The topological polar surface area (TPSA) is 35.5 Å². The van der Waals surface area contributed by atoms with Gasteiger partial charge in [-0.3, -0.25) is 4.79 Å². The predicted octanol–water partition coefficient (Wildman–Crippen LogP) is 5.31. The van der Waals surface area contributed by atoms with Crippen LogP contribution in [0.15, 0.2) is 42.5 Å². The highest BCUT2D eigenvalue weighted by atomic mass is 127. The molecule has 2 aromatic carbocycles. The van der Waals surface area contributed by atoms with Crippen molar-refractivity contribution in [3.63, 3.8) is 0 Å². The second-order valence-corrected chi connectivity index (χ2v) is 6.49. The Hall–Kier alpha value is -1.24. The fourth-order valence-corrected chi connectivity index (χ4v) is 2.94. The lowest BCUT2D eigenvalue weighted by atomic mass is 10.2. The lowest BCUT2D eigenvalue weighted by molar-refractivity contribution is -0.107. The summed E-state index contributed by atoms with van der Waals surface area (Å²) in [5.41, 5.74) is 1.69. The van der Waals surface area contributed by atoms with E-state index in [9.17, 15) is 4.79 Å². The molecule has 0 unspecified atom stereocenters. The Bertz CT molecular complexity index is 745. The number of hydrogen-bond donors (Lipinski definition) is 0. The third kappa shape index (κ3) is 5.12. The number of allylic oxidation sites excluding steroid dienone is 1. The molecule has 0 aromatic heterocycles. The number of carbonyl (C=O) groups is 1. The molecule has 0 amide bonds. The van der Waals surface area contributed by atoms with Crippen molar-refractivity contribution >= 4 is 57.1 Å². The van der Waals surface area contributed by atoms with Crippen LogP contribution in [0.4, 0.5) is 0 Å². The molecule has 0 heterocycles. The van der Waals surface area contributed by atoms with E-state index in [0.717, 1.165) is 14.7 Å². The summed E-state index contributed by atoms with van der Waals surface area (Å²) in [6.07, 6.45) is 2.91. The number of halogens is 3. The van der Waals surface area contributed by atoms with Crippen molar-refractivity contribution in [3.05, 3.63) is 62.2 Å². The molecule has 2 rings (SSSR count). The highest BCUT2D eigenvalue weighted by Gasteiger charge is 2.12. The second-order valence-electron chi connectivity index (χ2n) is 4.55. The summed E-state index contributed by atoms with van der Waals surface area (Å²) >= 11 is 13.6. The Morgan fingerprint density at radius 2 is 2.04 bits per heavy atom. The molecule has 0 saturated heterocycles. The molecule has 23 heavy (non-hydrogen) atoms. The van der Waals surface area contributed by atoms with Gasteiger partial charge in [0.2, 0.25) is 5.24 Å². The average Bonchev–Trinajstić information content (AvgIpc) is 2.52. The van der Waals surface area contributed by atoms with Gasteiger partial charge in [0.25, 0.3) is 0 Å². The molecule has 0 spiro atoms. The van der Waals surface area contributed by atoms with E-state index in [2.05, 4.69) is 22.6 Å². The number of hydrogen-bond acceptors (Lipinski definition) is 3. The van der Waals surface area contributed by atoms with Crippen LogP contribution < -0.4 is 9.47 Å². The van der Waals surface area contributed by atoms with Crippen LogP contribution in [0.5, 0.6) is 11.5 Å². The van der Waals surface area contributed by atoms with Gasteiger partial charge in [-0.25, -0.2) is 0 Å². The third-order valence-corrected chi connectivity index (χ3v) is 4.28. The van der Waals surface area contributed by atoms with Gasteiger partial charge in [0.1, 0.15) is 6.61 Å². The summed E-state index contributed by atoms with van der Waals surface area (Å²) in [5.74, 6) is 1.20. The Kier molecular flexibility index (Phi) is 6.74. The average molecular weight is 463 g/mol. The van der Waals surface area contributed by atoms with Crippen molar-refractivity contribution in [2.24, 2.45) is 0 Å². The zero-order valence-electron chi connectivity index (χ0n) is 12.2. The van der Waals surface area contributed by atoms with E-state index in [1.54, 1.807) is 19.3 Å². The zero-order valence-corrected chi connectivity index (χ0v) is 15.9. The third-order valence-electron chi connectivity index (χ3n) is 2.99. The van der Waals surface area contributed by atoms with Crippen LogP contribution in [0.1, 0.15) is 11.1 Å². The molecule has 0 aliphatic heterocycles. The fourth-order valence-electron chi connectivity index (χ4n) is 1.90. The minimum absolute atomic E-state index is 0.335. The molecule has 120 valence electrons. The van der Waals surface area contributed by atoms with Crippen LogP contribution in [0.25, 0.3) is 6.08 Å². The van der Waals surface area contributed by atoms with E-state index in [4.69, 9.17) is 32.7 Å². The van der Waals surface area contributed by atoms with Crippen LogP contribution in [0, 0.1) is 3.57 Å². The van der Waals surface area contributed by atoms with Crippen molar-refractivity contribution in [3.8, 4) is 11.5 Å². The summed E-state index contributed by atoms with van der Waals surface area (Å²) in [7, 11) is 1.56. The lowest BCUT2D eigenvalue weighted by Crippen LogP contribution is -2.00. The fraction of sp³-hybridized carbons (Fsp3) is 0.118.